The lowest BCUT2D eigenvalue weighted by atomic mass is 9.98. The Balaban J connectivity index is 1.72. The summed E-state index contributed by atoms with van der Waals surface area (Å²) in [5.41, 5.74) is 5.55. The molecule has 0 bridgehead atoms. The summed E-state index contributed by atoms with van der Waals surface area (Å²) in [6.45, 7) is 0. The summed E-state index contributed by atoms with van der Waals surface area (Å²) in [6.07, 6.45) is 0.807. The minimum absolute atomic E-state index is 0.0746. The molecule has 0 N–H and O–H groups in total. The van der Waals surface area contributed by atoms with Crippen LogP contribution in [0.15, 0.2) is 66.7 Å². The van der Waals surface area contributed by atoms with Crippen LogP contribution in [0, 0.1) is 10.1 Å². The fraction of sp³-hybridized carbons (Fsp3) is 0.0500. The van der Waals surface area contributed by atoms with Crippen molar-refractivity contribution >= 4 is 11.5 Å². The zero-order valence-corrected chi connectivity index (χ0v) is 12.7. The molecule has 0 saturated heterocycles. The maximum atomic E-state index is 12.7. The standard InChI is InChI=1S/C20H13NO3/c22-20(14-5-3-6-17(12-14)21(23)24)15-8-9-19-16(11-15)10-13-4-1-2-7-18(13)19/h1-9,11-12H,10H2. The predicted octanol–water partition coefficient (Wildman–Crippen LogP) is 4.40. The van der Waals surface area contributed by atoms with E-state index in [0.29, 0.717) is 11.1 Å². The average Bonchev–Trinajstić information content (AvgIpc) is 2.99. The first-order chi connectivity index (χ1) is 11.6. The van der Waals surface area contributed by atoms with Crippen molar-refractivity contribution in [2.75, 3.05) is 0 Å². The molecule has 1 aliphatic rings. The number of carbonyl (C=O) groups is 1. The third-order valence-electron chi connectivity index (χ3n) is 4.38. The van der Waals surface area contributed by atoms with E-state index in [-0.39, 0.29) is 11.5 Å². The van der Waals surface area contributed by atoms with Crippen molar-refractivity contribution in [2.45, 2.75) is 6.42 Å². The van der Waals surface area contributed by atoms with Crippen LogP contribution in [0.2, 0.25) is 0 Å². The number of ketones is 1. The second-order valence-corrected chi connectivity index (χ2v) is 5.84. The Morgan fingerprint density at radius 1 is 0.833 bits per heavy atom. The predicted molar refractivity (Wildman–Crippen MR) is 91.2 cm³/mol. The Bertz CT molecular complexity index is 992. The van der Waals surface area contributed by atoms with Crippen molar-refractivity contribution in [3.05, 3.63) is 99.1 Å². The molecule has 0 spiro atoms. The SMILES string of the molecule is O=C(c1cccc([N+](=O)[O-])c1)c1ccc2c(c1)Cc1ccccc1-2. The summed E-state index contributed by atoms with van der Waals surface area (Å²) >= 11 is 0. The van der Waals surface area contributed by atoms with Crippen LogP contribution >= 0.6 is 0 Å². The Morgan fingerprint density at radius 3 is 2.42 bits per heavy atom. The van der Waals surface area contributed by atoms with Gasteiger partial charge in [-0.3, -0.25) is 14.9 Å². The highest BCUT2D eigenvalue weighted by molar-refractivity contribution is 6.09. The summed E-state index contributed by atoms with van der Waals surface area (Å²) in [7, 11) is 0. The molecule has 0 atom stereocenters. The van der Waals surface area contributed by atoms with Gasteiger partial charge in [0, 0.05) is 23.3 Å². The van der Waals surface area contributed by atoms with E-state index >= 15 is 0 Å². The highest BCUT2D eigenvalue weighted by Crippen LogP contribution is 2.37. The number of nitro groups is 1. The Labute approximate surface area is 138 Å². The lowest BCUT2D eigenvalue weighted by Gasteiger charge is -2.05. The molecule has 0 radical (unpaired) electrons. The lowest BCUT2D eigenvalue weighted by Crippen LogP contribution is -2.03. The number of hydrogen-bond acceptors (Lipinski definition) is 3. The number of benzene rings is 3. The maximum Gasteiger partial charge on any atom is 0.270 e. The van der Waals surface area contributed by atoms with E-state index in [1.54, 1.807) is 12.1 Å². The van der Waals surface area contributed by atoms with E-state index < -0.39 is 4.92 Å². The molecule has 4 nitrogen and oxygen atoms in total. The Hall–Kier alpha value is -3.27. The molecular weight excluding hydrogens is 302 g/mol. The van der Waals surface area contributed by atoms with E-state index in [0.717, 1.165) is 17.5 Å². The summed E-state index contributed by atoms with van der Waals surface area (Å²) < 4.78 is 0. The molecule has 0 heterocycles. The topological polar surface area (TPSA) is 60.2 Å². The van der Waals surface area contributed by atoms with Crippen LogP contribution in [0.25, 0.3) is 11.1 Å². The molecule has 0 aliphatic heterocycles. The molecule has 0 unspecified atom stereocenters. The molecule has 4 rings (SSSR count). The van der Waals surface area contributed by atoms with Gasteiger partial charge in [0.25, 0.3) is 5.69 Å². The van der Waals surface area contributed by atoms with Crippen molar-refractivity contribution in [3.8, 4) is 11.1 Å². The monoisotopic (exact) mass is 315 g/mol. The molecular formula is C20H13NO3. The minimum Gasteiger partial charge on any atom is -0.289 e. The first kappa shape index (κ1) is 14.3. The van der Waals surface area contributed by atoms with Crippen LogP contribution in [0.5, 0.6) is 0 Å². The molecule has 0 fully saturated rings. The van der Waals surface area contributed by atoms with E-state index in [2.05, 4.69) is 12.1 Å². The summed E-state index contributed by atoms with van der Waals surface area (Å²) in [6, 6.07) is 19.7. The smallest absolute Gasteiger partial charge is 0.270 e. The number of fused-ring (bicyclic) bond motifs is 3. The van der Waals surface area contributed by atoms with Gasteiger partial charge in [-0.25, -0.2) is 0 Å². The van der Waals surface area contributed by atoms with Crippen molar-refractivity contribution in [1.82, 2.24) is 0 Å². The highest BCUT2D eigenvalue weighted by Gasteiger charge is 2.20. The number of nitro benzene ring substituents is 1. The third kappa shape index (κ3) is 2.29. The molecule has 0 amide bonds. The normalized spacial score (nSPS) is 11.7. The number of nitrogens with zero attached hydrogens (tertiary/aromatic N) is 1. The van der Waals surface area contributed by atoms with Crippen molar-refractivity contribution < 1.29 is 9.72 Å². The van der Waals surface area contributed by atoms with E-state index in [1.165, 1.54) is 29.3 Å². The molecule has 4 heteroatoms. The van der Waals surface area contributed by atoms with Crippen LogP contribution in [0.4, 0.5) is 5.69 Å². The largest absolute Gasteiger partial charge is 0.289 e. The van der Waals surface area contributed by atoms with Gasteiger partial charge in [-0.05, 0) is 34.7 Å². The first-order valence-corrected chi connectivity index (χ1v) is 7.64. The van der Waals surface area contributed by atoms with E-state index in [9.17, 15) is 14.9 Å². The summed E-state index contributed by atoms with van der Waals surface area (Å²) in [5.74, 6) is -0.197. The van der Waals surface area contributed by atoms with Gasteiger partial charge in [0.05, 0.1) is 4.92 Å². The minimum atomic E-state index is -0.490. The Kier molecular flexibility index (Phi) is 3.24. The van der Waals surface area contributed by atoms with Crippen LogP contribution in [0.1, 0.15) is 27.0 Å². The number of hydrogen-bond donors (Lipinski definition) is 0. The molecule has 0 saturated carbocycles. The molecule has 0 aromatic heterocycles. The number of non-ortho nitro benzene ring substituents is 1. The number of rotatable bonds is 3. The van der Waals surface area contributed by atoms with Gasteiger partial charge < -0.3 is 0 Å². The van der Waals surface area contributed by atoms with Gasteiger partial charge in [-0.1, -0.05) is 48.5 Å². The van der Waals surface area contributed by atoms with Crippen molar-refractivity contribution in [3.63, 3.8) is 0 Å². The van der Waals surface area contributed by atoms with Gasteiger partial charge in [0.2, 0.25) is 0 Å². The molecule has 1 aliphatic carbocycles. The van der Waals surface area contributed by atoms with Gasteiger partial charge >= 0.3 is 0 Å². The molecule has 116 valence electrons. The quantitative estimate of drug-likeness (QED) is 0.320. The average molecular weight is 315 g/mol. The summed E-state index contributed by atoms with van der Waals surface area (Å²) in [5, 5.41) is 10.9. The first-order valence-electron chi connectivity index (χ1n) is 7.64. The fourth-order valence-corrected chi connectivity index (χ4v) is 3.21. The number of carbonyl (C=O) groups excluding carboxylic acids is 1. The van der Waals surface area contributed by atoms with Gasteiger partial charge in [0.15, 0.2) is 5.78 Å². The zero-order valence-electron chi connectivity index (χ0n) is 12.7. The van der Waals surface area contributed by atoms with Gasteiger partial charge in [-0.2, -0.15) is 0 Å². The summed E-state index contributed by atoms with van der Waals surface area (Å²) in [4.78, 5) is 23.1. The highest BCUT2D eigenvalue weighted by atomic mass is 16.6. The fourth-order valence-electron chi connectivity index (χ4n) is 3.21. The van der Waals surface area contributed by atoms with Gasteiger partial charge in [-0.15, -0.1) is 0 Å². The van der Waals surface area contributed by atoms with Crippen molar-refractivity contribution in [2.24, 2.45) is 0 Å². The third-order valence-corrected chi connectivity index (χ3v) is 4.38. The molecule has 3 aromatic rings. The molecule has 3 aromatic carbocycles. The van der Waals surface area contributed by atoms with Crippen LogP contribution in [0.3, 0.4) is 0 Å². The zero-order chi connectivity index (χ0) is 16.7. The van der Waals surface area contributed by atoms with Crippen LogP contribution < -0.4 is 0 Å². The second kappa shape index (κ2) is 5.42. The lowest BCUT2D eigenvalue weighted by molar-refractivity contribution is -0.384. The maximum absolute atomic E-state index is 12.7. The van der Waals surface area contributed by atoms with Crippen LogP contribution in [-0.4, -0.2) is 10.7 Å². The van der Waals surface area contributed by atoms with E-state index in [4.69, 9.17) is 0 Å². The van der Waals surface area contributed by atoms with Gasteiger partial charge in [0.1, 0.15) is 0 Å². The second-order valence-electron chi connectivity index (χ2n) is 5.84. The van der Waals surface area contributed by atoms with E-state index in [1.807, 2.05) is 24.3 Å². The molecule has 24 heavy (non-hydrogen) atoms. The van der Waals surface area contributed by atoms with Crippen molar-refractivity contribution in [1.29, 1.82) is 0 Å². The van der Waals surface area contributed by atoms with Crippen LogP contribution in [-0.2, 0) is 6.42 Å². The Morgan fingerprint density at radius 2 is 1.58 bits per heavy atom.